The van der Waals surface area contributed by atoms with E-state index in [9.17, 15) is 0 Å². The monoisotopic (exact) mass is 410 g/mol. The van der Waals surface area contributed by atoms with Crippen molar-refractivity contribution in [3.05, 3.63) is 47.1 Å². The zero-order valence-corrected chi connectivity index (χ0v) is 20.0. The fourth-order valence-corrected chi connectivity index (χ4v) is 5.69. The molecule has 2 nitrogen and oxygen atoms in total. The molecule has 0 radical (unpaired) electrons. The maximum atomic E-state index is 3.90. The Morgan fingerprint density at radius 1 is 1.03 bits per heavy atom. The first-order valence-electron chi connectivity index (χ1n) is 12.8. The average Bonchev–Trinajstić information content (AvgIpc) is 3.32. The second kappa shape index (κ2) is 12.1. The summed E-state index contributed by atoms with van der Waals surface area (Å²) in [4.78, 5) is 2.68. The number of nitrogens with zero attached hydrogens (tertiary/aromatic N) is 1. The second-order valence-corrected chi connectivity index (χ2v) is 10.2. The first-order chi connectivity index (χ1) is 14.6. The summed E-state index contributed by atoms with van der Waals surface area (Å²) in [5.41, 5.74) is 5.21. The summed E-state index contributed by atoms with van der Waals surface area (Å²) in [7, 11) is 0. The van der Waals surface area contributed by atoms with Gasteiger partial charge in [-0.2, -0.15) is 0 Å². The third-order valence-electron chi connectivity index (χ3n) is 7.83. The molecule has 2 heteroatoms. The average molecular weight is 411 g/mol. The van der Waals surface area contributed by atoms with Crippen LogP contribution in [0.1, 0.15) is 85.0 Å². The number of hydrogen-bond acceptors (Lipinski definition) is 2. The summed E-state index contributed by atoms with van der Waals surface area (Å²) in [6.07, 6.45) is 24.9. The van der Waals surface area contributed by atoms with Crippen LogP contribution in [0.5, 0.6) is 0 Å². The van der Waals surface area contributed by atoms with Gasteiger partial charge in [0.05, 0.1) is 0 Å². The van der Waals surface area contributed by atoms with Crippen LogP contribution in [0.15, 0.2) is 47.1 Å². The molecule has 0 amide bonds. The molecule has 0 aromatic heterocycles. The predicted octanol–water partition coefficient (Wildman–Crippen LogP) is 6.82. The lowest BCUT2D eigenvalue weighted by Crippen LogP contribution is -2.42. The van der Waals surface area contributed by atoms with E-state index >= 15 is 0 Å². The van der Waals surface area contributed by atoms with Crippen molar-refractivity contribution in [3.8, 4) is 0 Å². The minimum atomic E-state index is 0.341. The molecule has 0 bridgehead atoms. The van der Waals surface area contributed by atoms with Crippen molar-refractivity contribution in [1.29, 1.82) is 0 Å². The number of rotatable bonds is 12. The highest BCUT2D eigenvalue weighted by molar-refractivity contribution is 5.26. The summed E-state index contributed by atoms with van der Waals surface area (Å²) in [5.74, 6) is 0.865. The van der Waals surface area contributed by atoms with Gasteiger partial charge in [0.2, 0.25) is 0 Å². The van der Waals surface area contributed by atoms with Gasteiger partial charge in [-0.15, -0.1) is 0 Å². The number of nitrogens with one attached hydrogen (secondary N) is 1. The SMILES string of the molecule is CCCN(CCNCC(C)(C1=CC=CCC1)C1CCCC1)CCC1=CC=C(C)CC1. The minimum absolute atomic E-state index is 0.341. The van der Waals surface area contributed by atoms with E-state index < -0.39 is 0 Å². The minimum Gasteiger partial charge on any atom is -0.315 e. The van der Waals surface area contributed by atoms with Crippen molar-refractivity contribution in [2.24, 2.45) is 11.3 Å². The van der Waals surface area contributed by atoms with Crippen LogP contribution < -0.4 is 5.32 Å². The lowest BCUT2D eigenvalue weighted by atomic mass is 9.68. The third kappa shape index (κ3) is 6.69. The maximum absolute atomic E-state index is 3.90. The van der Waals surface area contributed by atoms with Crippen LogP contribution in [-0.4, -0.2) is 37.6 Å². The maximum Gasteiger partial charge on any atom is 0.0107 e. The van der Waals surface area contributed by atoms with Gasteiger partial charge in [-0.05, 0) is 70.8 Å². The second-order valence-electron chi connectivity index (χ2n) is 10.2. The molecule has 1 fully saturated rings. The van der Waals surface area contributed by atoms with Crippen LogP contribution in [0.2, 0.25) is 0 Å². The summed E-state index contributed by atoms with van der Waals surface area (Å²) in [6, 6.07) is 0. The van der Waals surface area contributed by atoms with Crippen LogP contribution in [-0.2, 0) is 0 Å². The molecule has 30 heavy (non-hydrogen) atoms. The molecule has 1 saturated carbocycles. The first-order valence-corrected chi connectivity index (χ1v) is 12.8. The Bertz CT molecular complexity index is 648. The van der Waals surface area contributed by atoms with Crippen molar-refractivity contribution >= 4 is 0 Å². The van der Waals surface area contributed by atoms with E-state index in [-0.39, 0.29) is 0 Å². The van der Waals surface area contributed by atoms with Crippen molar-refractivity contribution in [2.75, 3.05) is 32.7 Å². The molecule has 0 aromatic carbocycles. The molecule has 1 atom stereocenters. The summed E-state index contributed by atoms with van der Waals surface area (Å²) >= 11 is 0. The molecular weight excluding hydrogens is 364 g/mol. The van der Waals surface area contributed by atoms with E-state index in [4.69, 9.17) is 0 Å². The molecule has 0 heterocycles. The van der Waals surface area contributed by atoms with E-state index in [2.05, 4.69) is 61.4 Å². The van der Waals surface area contributed by atoms with Gasteiger partial charge in [0, 0.05) is 31.6 Å². The Balaban J connectivity index is 1.48. The van der Waals surface area contributed by atoms with Crippen LogP contribution in [0.25, 0.3) is 0 Å². The smallest absolute Gasteiger partial charge is 0.0107 e. The number of allylic oxidation sites excluding steroid dienone is 6. The van der Waals surface area contributed by atoms with Crippen LogP contribution in [0.4, 0.5) is 0 Å². The van der Waals surface area contributed by atoms with Gasteiger partial charge in [0.15, 0.2) is 0 Å². The summed E-state index contributed by atoms with van der Waals surface area (Å²) in [6.45, 7) is 13.0. The Kier molecular flexibility index (Phi) is 9.46. The van der Waals surface area contributed by atoms with Gasteiger partial charge >= 0.3 is 0 Å². The lowest BCUT2D eigenvalue weighted by Gasteiger charge is -2.39. The van der Waals surface area contributed by atoms with Gasteiger partial charge < -0.3 is 10.2 Å². The zero-order valence-electron chi connectivity index (χ0n) is 20.0. The molecule has 0 spiro atoms. The molecule has 1 unspecified atom stereocenters. The summed E-state index contributed by atoms with van der Waals surface area (Å²) < 4.78 is 0. The van der Waals surface area contributed by atoms with E-state index in [0.717, 1.165) is 19.0 Å². The Morgan fingerprint density at radius 3 is 2.53 bits per heavy atom. The fraction of sp³-hybridized carbons (Fsp3) is 0.714. The van der Waals surface area contributed by atoms with Gasteiger partial charge in [-0.3, -0.25) is 0 Å². The highest BCUT2D eigenvalue weighted by Gasteiger charge is 2.38. The van der Waals surface area contributed by atoms with Gasteiger partial charge in [-0.25, -0.2) is 0 Å². The van der Waals surface area contributed by atoms with Gasteiger partial charge in [-0.1, -0.05) is 73.8 Å². The highest BCUT2D eigenvalue weighted by atomic mass is 15.1. The van der Waals surface area contributed by atoms with Crippen LogP contribution in [0, 0.1) is 11.3 Å². The Labute approximate surface area is 186 Å². The molecule has 0 aliphatic heterocycles. The Hall–Kier alpha value is -1.12. The quantitative estimate of drug-likeness (QED) is 0.355. The van der Waals surface area contributed by atoms with Crippen molar-refractivity contribution < 1.29 is 0 Å². The van der Waals surface area contributed by atoms with E-state index in [0.29, 0.717) is 5.41 Å². The fourth-order valence-electron chi connectivity index (χ4n) is 5.69. The van der Waals surface area contributed by atoms with Gasteiger partial charge in [0.1, 0.15) is 0 Å². The summed E-state index contributed by atoms with van der Waals surface area (Å²) in [5, 5.41) is 3.90. The van der Waals surface area contributed by atoms with E-state index in [1.165, 1.54) is 89.4 Å². The van der Waals surface area contributed by atoms with Crippen LogP contribution in [0.3, 0.4) is 0 Å². The standard InChI is InChI=1S/C28H46N2/c1-4-20-30(21-18-25-16-14-24(2)15-17-25)22-19-29-23-28(3,27-12-8-9-13-27)26-10-6-5-7-11-26/h5-6,10,14,16,27,29H,4,7-9,11-13,15,17-23H2,1-3H3. The molecular formula is C28H46N2. The number of hydrogen-bond donors (Lipinski definition) is 1. The van der Waals surface area contributed by atoms with E-state index in [1.54, 1.807) is 11.1 Å². The molecule has 3 aliphatic rings. The van der Waals surface area contributed by atoms with Crippen molar-refractivity contribution in [1.82, 2.24) is 10.2 Å². The topological polar surface area (TPSA) is 15.3 Å². The molecule has 168 valence electrons. The first kappa shape index (κ1) is 23.5. The molecule has 3 aliphatic carbocycles. The van der Waals surface area contributed by atoms with E-state index in [1.807, 2.05) is 0 Å². The largest absolute Gasteiger partial charge is 0.315 e. The normalized spacial score (nSPS) is 22.1. The van der Waals surface area contributed by atoms with Crippen LogP contribution >= 0.6 is 0 Å². The van der Waals surface area contributed by atoms with Gasteiger partial charge in [0.25, 0.3) is 0 Å². The lowest BCUT2D eigenvalue weighted by molar-refractivity contribution is 0.215. The van der Waals surface area contributed by atoms with Crippen molar-refractivity contribution in [2.45, 2.75) is 85.0 Å². The molecule has 3 rings (SSSR count). The third-order valence-corrected chi connectivity index (χ3v) is 7.83. The molecule has 1 N–H and O–H groups in total. The van der Waals surface area contributed by atoms with Crippen molar-refractivity contribution in [3.63, 3.8) is 0 Å². The molecule has 0 aromatic rings. The Morgan fingerprint density at radius 2 is 1.87 bits per heavy atom. The predicted molar refractivity (Wildman–Crippen MR) is 132 cm³/mol. The highest BCUT2D eigenvalue weighted by Crippen LogP contribution is 2.46. The zero-order chi connectivity index (χ0) is 21.2. The molecule has 0 saturated heterocycles.